The molecule has 2 fully saturated rings. The summed E-state index contributed by atoms with van der Waals surface area (Å²) in [6.45, 7) is 4.56. The van der Waals surface area contributed by atoms with Crippen molar-refractivity contribution in [3.05, 3.63) is 28.2 Å². The Balaban J connectivity index is 1.79. The molecule has 132 valence electrons. The summed E-state index contributed by atoms with van der Waals surface area (Å²) in [4.78, 5) is 29.3. The minimum Gasteiger partial charge on any atom is -0.333 e. The van der Waals surface area contributed by atoms with Crippen LogP contribution < -0.4 is 5.56 Å². The first kappa shape index (κ1) is 17.1. The molecule has 0 aliphatic carbocycles. The minimum absolute atomic E-state index is 0.0250. The predicted molar refractivity (Wildman–Crippen MR) is 93.1 cm³/mol. The fraction of sp³-hybridized carbons (Fsp3) is 0.722. The maximum absolute atomic E-state index is 13.0. The molecule has 2 aliphatic rings. The van der Waals surface area contributed by atoms with Crippen molar-refractivity contribution in [3.63, 3.8) is 0 Å². The zero-order valence-electron chi connectivity index (χ0n) is 14.8. The highest BCUT2D eigenvalue weighted by atomic mass is 16.2. The Morgan fingerprint density at radius 3 is 2.67 bits per heavy atom. The predicted octanol–water partition coefficient (Wildman–Crippen LogP) is 1.74. The summed E-state index contributed by atoms with van der Waals surface area (Å²) in [6.07, 6.45) is 6.37. The van der Waals surface area contributed by atoms with Crippen LogP contribution in [-0.4, -0.2) is 57.7 Å². The van der Waals surface area contributed by atoms with Crippen molar-refractivity contribution in [1.29, 1.82) is 0 Å². The molecule has 0 unspecified atom stereocenters. The molecule has 2 aliphatic heterocycles. The second-order valence-corrected chi connectivity index (χ2v) is 7.03. The van der Waals surface area contributed by atoms with Crippen LogP contribution in [0.5, 0.6) is 0 Å². The highest BCUT2D eigenvalue weighted by Gasteiger charge is 2.39. The van der Waals surface area contributed by atoms with Crippen molar-refractivity contribution in [2.24, 2.45) is 0 Å². The topological polar surface area (TPSA) is 58.4 Å². The zero-order valence-corrected chi connectivity index (χ0v) is 14.8. The fourth-order valence-electron chi connectivity index (χ4n) is 4.05. The number of aromatic nitrogens is 2. The van der Waals surface area contributed by atoms with Gasteiger partial charge in [0.1, 0.15) is 5.69 Å². The smallest absolute Gasteiger partial charge is 0.274 e. The van der Waals surface area contributed by atoms with Gasteiger partial charge in [0.25, 0.3) is 11.5 Å². The molecule has 3 heterocycles. The first-order valence-electron chi connectivity index (χ1n) is 9.21. The van der Waals surface area contributed by atoms with Crippen LogP contribution in [0.15, 0.2) is 16.9 Å². The van der Waals surface area contributed by atoms with E-state index in [2.05, 4.69) is 24.0 Å². The van der Waals surface area contributed by atoms with Gasteiger partial charge < -0.3 is 9.80 Å². The van der Waals surface area contributed by atoms with Crippen molar-refractivity contribution in [2.45, 2.75) is 64.1 Å². The molecule has 1 aromatic heterocycles. The maximum Gasteiger partial charge on any atom is 0.274 e. The van der Waals surface area contributed by atoms with Crippen LogP contribution in [0.1, 0.15) is 55.9 Å². The summed E-state index contributed by atoms with van der Waals surface area (Å²) in [5.74, 6) is -0.0250. The van der Waals surface area contributed by atoms with Gasteiger partial charge in [-0.1, -0.05) is 13.3 Å². The number of hydrogen-bond donors (Lipinski definition) is 0. The van der Waals surface area contributed by atoms with Crippen molar-refractivity contribution in [2.75, 3.05) is 20.1 Å². The summed E-state index contributed by atoms with van der Waals surface area (Å²) < 4.78 is 1.43. The standard InChI is InChI=1S/C18H28N4O2/c1-3-4-13-22-17(23)10-9-14(19-22)18(24)21-12-6-8-16(21)15-7-5-11-20(15)2/h9-10,15-16H,3-8,11-13H2,1-2H3/t15-,16-/m1/s1. The van der Waals surface area contributed by atoms with Gasteiger partial charge in [0, 0.05) is 31.2 Å². The molecule has 2 atom stereocenters. The lowest BCUT2D eigenvalue weighted by atomic mass is 10.0. The van der Waals surface area contributed by atoms with Crippen LogP contribution in [0.25, 0.3) is 0 Å². The lowest BCUT2D eigenvalue weighted by molar-refractivity contribution is 0.0655. The maximum atomic E-state index is 13.0. The van der Waals surface area contributed by atoms with Crippen molar-refractivity contribution < 1.29 is 4.79 Å². The molecular formula is C18H28N4O2. The van der Waals surface area contributed by atoms with E-state index in [9.17, 15) is 9.59 Å². The van der Waals surface area contributed by atoms with Crippen molar-refractivity contribution in [1.82, 2.24) is 19.6 Å². The third kappa shape index (κ3) is 3.38. The van der Waals surface area contributed by atoms with E-state index in [0.717, 1.165) is 45.2 Å². The molecule has 2 saturated heterocycles. The van der Waals surface area contributed by atoms with Crippen LogP contribution >= 0.6 is 0 Å². The monoisotopic (exact) mass is 332 g/mol. The Labute approximate surface area is 143 Å². The number of unbranched alkanes of at least 4 members (excludes halogenated alkanes) is 1. The Bertz CT molecular complexity index is 642. The van der Waals surface area contributed by atoms with Gasteiger partial charge in [-0.2, -0.15) is 5.10 Å². The first-order chi connectivity index (χ1) is 11.6. The summed E-state index contributed by atoms with van der Waals surface area (Å²) in [6, 6.07) is 3.80. The Morgan fingerprint density at radius 2 is 1.96 bits per heavy atom. The van der Waals surface area contributed by atoms with Gasteiger partial charge >= 0.3 is 0 Å². The molecule has 0 radical (unpaired) electrons. The molecular weight excluding hydrogens is 304 g/mol. The van der Waals surface area contributed by atoms with E-state index in [0.29, 0.717) is 18.3 Å². The van der Waals surface area contributed by atoms with E-state index in [4.69, 9.17) is 0 Å². The van der Waals surface area contributed by atoms with Crippen molar-refractivity contribution in [3.8, 4) is 0 Å². The number of amides is 1. The van der Waals surface area contributed by atoms with Crippen LogP contribution in [0, 0.1) is 0 Å². The van der Waals surface area contributed by atoms with E-state index in [1.165, 1.54) is 17.2 Å². The molecule has 6 nitrogen and oxygen atoms in total. The van der Waals surface area contributed by atoms with Crippen LogP contribution in [0.2, 0.25) is 0 Å². The Hall–Kier alpha value is -1.69. The third-order valence-corrected chi connectivity index (χ3v) is 5.39. The molecule has 1 aromatic rings. The lowest BCUT2D eigenvalue weighted by Crippen LogP contribution is -2.47. The zero-order chi connectivity index (χ0) is 17.1. The summed E-state index contributed by atoms with van der Waals surface area (Å²) in [5, 5.41) is 4.33. The van der Waals surface area contributed by atoms with Gasteiger partial charge in [0.05, 0.1) is 0 Å². The quantitative estimate of drug-likeness (QED) is 0.824. The largest absolute Gasteiger partial charge is 0.333 e. The number of carbonyl (C=O) groups is 1. The second-order valence-electron chi connectivity index (χ2n) is 7.03. The van der Waals surface area contributed by atoms with Gasteiger partial charge in [0.15, 0.2) is 0 Å². The second kappa shape index (κ2) is 7.47. The van der Waals surface area contributed by atoms with E-state index >= 15 is 0 Å². The number of hydrogen-bond acceptors (Lipinski definition) is 4. The summed E-state index contributed by atoms with van der Waals surface area (Å²) in [7, 11) is 2.15. The highest BCUT2D eigenvalue weighted by molar-refractivity contribution is 5.92. The van der Waals surface area contributed by atoms with E-state index in [-0.39, 0.29) is 17.5 Å². The molecule has 0 N–H and O–H groups in total. The first-order valence-corrected chi connectivity index (χ1v) is 9.21. The van der Waals surface area contributed by atoms with E-state index in [1.54, 1.807) is 6.07 Å². The molecule has 6 heteroatoms. The molecule has 0 saturated carbocycles. The number of likely N-dealkylation sites (N-methyl/N-ethyl adjacent to an activating group) is 1. The normalized spacial score (nSPS) is 24.7. The lowest BCUT2D eigenvalue weighted by Gasteiger charge is -2.33. The van der Waals surface area contributed by atoms with Gasteiger partial charge in [0.2, 0.25) is 0 Å². The van der Waals surface area contributed by atoms with E-state index < -0.39 is 0 Å². The van der Waals surface area contributed by atoms with Crippen LogP contribution in [0.4, 0.5) is 0 Å². The minimum atomic E-state index is -0.131. The Kier molecular flexibility index (Phi) is 5.33. The van der Waals surface area contributed by atoms with Gasteiger partial charge in [-0.3, -0.25) is 9.59 Å². The molecule has 0 aromatic carbocycles. The average Bonchev–Trinajstić information content (AvgIpc) is 3.21. The summed E-state index contributed by atoms with van der Waals surface area (Å²) >= 11 is 0. The number of rotatable bonds is 5. The molecule has 24 heavy (non-hydrogen) atoms. The number of likely N-dealkylation sites (tertiary alicyclic amines) is 2. The number of carbonyl (C=O) groups excluding carboxylic acids is 1. The van der Waals surface area contributed by atoms with Crippen LogP contribution in [-0.2, 0) is 6.54 Å². The average molecular weight is 332 g/mol. The highest BCUT2D eigenvalue weighted by Crippen LogP contribution is 2.29. The van der Waals surface area contributed by atoms with Gasteiger partial charge in [-0.15, -0.1) is 0 Å². The molecule has 0 spiro atoms. The number of aryl methyl sites for hydroxylation is 1. The number of nitrogens with zero attached hydrogens (tertiary/aromatic N) is 4. The molecule has 0 bridgehead atoms. The fourth-order valence-corrected chi connectivity index (χ4v) is 4.05. The van der Waals surface area contributed by atoms with Crippen molar-refractivity contribution >= 4 is 5.91 Å². The van der Waals surface area contributed by atoms with Gasteiger partial charge in [-0.05, 0) is 51.8 Å². The SMILES string of the molecule is CCCCn1nc(C(=O)N2CCC[C@@H]2[C@H]2CCCN2C)ccc1=O. The van der Waals surface area contributed by atoms with Crippen LogP contribution in [0.3, 0.4) is 0 Å². The third-order valence-electron chi connectivity index (χ3n) is 5.39. The molecule has 1 amide bonds. The van der Waals surface area contributed by atoms with Gasteiger partial charge in [-0.25, -0.2) is 4.68 Å². The Morgan fingerprint density at radius 1 is 1.21 bits per heavy atom. The molecule has 3 rings (SSSR count). The van der Waals surface area contributed by atoms with E-state index in [1.807, 2.05) is 4.90 Å². The summed E-state index contributed by atoms with van der Waals surface area (Å²) in [5.41, 5.74) is 0.270.